The maximum absolute atomic E-state index is 13.2. The molecule has 12 heteroatoms. The van der Waals surface area contributed by atoms with E-state index in [0.717, 1.165) is 30.0 Å². The van der Waals surface area contributed by atoms with E-state index in [1.54, 1.807) is 49.6 Å². The number of esters is 1. The molecule has 2 N–H and O–H groups in total. The van der Waals surface area contributed by atoms with Crippen LogP contribution in [0.15, 0.2) is 53.9 Å². The molecule has 1 atom stereocenters. The molecule has 40 heavy (non-hydrogen) atoms. The smallest absolute Gasteiger partial charge is 0.416 e. The van der Waals surface area contributed by atoms with E-state index in [1.165, 1.54) is 17.4 Å². The number of ether oxygens (including phenoxy) is 1. The zero-order chi connectivity index (χ0) is 28.9. The van der Waals surface area contributed by atoms with Gasteiger partial charge in [0.05, 0.1) is 17.2 Å². The fraction of sp³-hybridized carbons (Fsp3) is 0.357. The van der Waals surface area contributed by atoms with Gasteiger partial charge in [0.25, 0.3) is 5.91 Å². The second-order valence-electron chi connectivity index (χ2n) is 9.33. The molecule has 7 nitrogen and oxygen atoms in total. The molecule has 1 fully saturated rings. The van der Waals surface area contributed by atoms with E-state index in [1.807, 2.05) is 4.90 Å². The molecule has 0 bridgehead atoms. The van der Waals surface area contributed by atoms with Gasteiger partial charge in [-0.05, 0) is 62.7 Å². The third-order valence-electron chi connectivity index (χ3n) is 6.54. The Morgan fingerprint density at radius 2 is 1.90 bits per heavy atom. The van der Waals surface area contributed by atoms with Crippen molar-refractivity contribution in [3.63, 3.8) is 0 Å². The van der Waals surface area contributed by atoms with Gasteiger partial charge in [-0.3, -0.25) is 4.79 Å². The van der Waals surface area contributed by atoms with Gasteiger partial charge in [-0.15, -0.1) is 11.3 Å². The molecule has 0 unspecified atom stereocenters. The summed E-state index contributed by atoms with van der Waals surface area (Å²) in [4.78, 5) is 31.5. The number of thiazole rings is 1. The number of carbonyl (C=O) groups is 2. The minimum Gasteiger partial charge on any atom is -0.464 e. The van der Waals surface area contributed by atoms with E-state index in [4.69, 9.17) is 17.0 Å². The van der Waals surface area contributed by atoms with Gasteiger partial charge in [0.15, 0.2) is 5.11 Å². The lowest BCUT2D eigenvalue weighted by atomic mass is 9.98. The lowest BCUT2D eigenvalue weighted by molar-refractivity contribution is -0.144. The molecule has 212 valence electrons. The second-order valence-corrected chi connectivity index (χ2v) is 10.6. The zero-order valence-electron chi connectivity index (χ0n) is 22.0. The van der Waals surface area contributed by atoms with Crippen LogP contribution in [0, 0.1) is 0 Å². The molecule has 0 radical (unpaired) electrons. The normalized spacial score (nSPS) is 14.9. The van der Waals surface area contributed by atoms with Gasteiger partial charge in [0, 0.05) is 35.6 Å². The van der Waals surface area contributed by atoms with Crippen LogP contribution in [0.3, 0.4) is 0 Å². The van der Waals surface area contributed by atoms with Gasteiger partial charge in [-0.1, -0.05) is 30.3 Å². The van der Waals surface area contributed by atoms with Crippen molar-refractivity contribution in [1.29, 1.82) is 0 Å². The number of piperidine rings is 1. The molecular weight excluding hydrogens is 561 g/mol. The van der Waals surface area contributed by atoms with Gasteiger partial charge in [0.1, 0.15) is 11.7 Å². The van der Waals surface area contributed by atoms with Gasteiger partial charge in [-0.2, -0.15) is 13.2 Å². The Hall–Kier alpha value is -3.51. The fourth-order valence-corrected chi connectivity index (χ4v) is 5.74. The average molecular weight is 591 g/mol. The molecular formula is C28H29F3N4O3S2. The number of nitrogens with one attached hydrogen (secondary N) is 2. The maximum Gasteiger partial charge on any atom is 0.416 e. The second kappa shape index (κ2) is 12.8. The lowest BCUT2D eigenvalue weighted by Crippen LogP contribution is -2.49. The summed E-state index contributed by atoms with van der Waals surface area (Å²) < 4.78 is 44.7. The number of benzene rings is 2. The summed E-state index contributed by atoms with van der Waals surface area (Å²) in [6.07, 6.45) is -2.91. The van der Waals surface area contributed by atoms with Crippen LogP contribution in [0.5, 0.6) is 0 Å². The van der Waals surface area contributed by atoms with E-state index in [2.05, 4.69) is 15.6 Å². The van der Waals surface area contributed by atoms with Gasteiger partial charge < -0.3 is 20.3 Å². The Bertz CT molecular complexity index is 1370. The first-order valence-electron chi connectivity index (χ1n) is 12.8. The van der Waals surface area contributed by atoms with Crippen molar-refractivity contribution in [1.82, 2.24) is 15.2 Å². The molecule has 2 aromatic carbocycles. The molecule has 1 aliphatic rings. The number of amides is 1. The van der Waals surface area contributed by atoms with Crippen LogP contribution in [0.1, 0.15) is 53.7 Å². The summed E-state index contributed by atoms with van der Waals surface area (Å²) >= 11 is 6.87. The molecule has 1 aromatic heterocycles. The summed E-state index contributed by atoms with van der Waals surface area (Å²) in [6.45, 7) is 5.12. The number of thiocarbonyl (C=S) groups is 1. The van der Waals surface area contributed by atoms with Crippen molar-refractivity contribution in [3.05, 3.63) is 70.2 Å². The zero-order valence-corrected chi connectivity index (χ0v) is 23.6. The molecule has 0 saturated carbocycles. The standard InChI is InChI=1S/C28H29F3N4O3S2/c1-3-38-26(37)17(2)32-27(39)35-13-11-18(12-14-35)25-34-23(16-40-25)24(36)33-22-10-5-4-9-21(22)19-7-6-8-20(15-19)28(29,30)31/h4-10,15-18H,3,11-14H2,1-2H3,(H,32,39)(H,33,36)/t17-/m0/s1. The van der Waals surface area contributed by atoms with Crippen molar-refractivity contribution in [2.24, 2.45) is 0 Å². The summed E-state index contributed by atoms with van der Waals surface area (Å²) in [5, 5.41) is 8.86. The molecule has 0 aliphatic carbocycles. The van der Waals surface area contributed by atoms with Gasteiger partial charge in [-0.25, -0.2) is 9.78 Å². The van der Waals surface area contributed by atoms with Gasteiger partial charge >= 0.3 is 12.1 Å². The van der Waals surface area contributed by atoms with Crippen molar-refractivity contribution in [2.45, 2.75) is 44.8 Å². The topological polar surface area (TPSA) is 83.6 Å². The largest absolute Gasteiger partial charge is 0.464 e. The van der Waals surface area contributed by atoms with Crippen molar-refractivity contribution < 1.29 is 27.5 Å². The molecule has 0 spiro atoms. The Kier molecular flexibility index (Phi) is 9.41. The highest BCUT2D eigenvalue weighted by Crippen LogP contribution is 2.35. The number of rotatable bonds is 7. The SMILES string of the molecule is CCOC(=O)[C@H](C)NC(=S)N1CCC(c2nc(C(=O)Nc3ccccc3-c3cccc(C(F)(F)F)c3)cs2)CC1. The highest BCUT2D eigenvalue weighted by molar-refractivity contribution is 7.80. The quantitative estimate of drug-likeness (QED) is 0.255. The van der Waals surface area contributed by atoms with Crippen molar-refractivity contribution >= 4 is 46.2 Å². The first-order valence-corrected chi connectivity index (χ1v) is 14.1. The van der Waals surface area contributed by atoms with E-state index in [9.17, 15) is 22.8 Å². The molecule has 2 heterocycles. The number of carbonyl (C=O) groups excluding carboxylic acids is 2. The number of likely N-dealkylation sites (tertiary alicyclic amines) is 1. The summed E-state index contributed by atoms with van der Waals surface area (Å²) in [6, 6.07) is 11.2. The number of para-hydroxylation sites is 1. The Labute approximate surface area is 239 Å². The van der Waals surface area contributed by atoms with Crippen LogP contribution >= 0.6 is 23.6 Å². The molecule has 1 aliphatic heterocycles. The molecule has 3 aromatic rings. The fourth-order valence-electron chi connectivity index (χ4n) is 4.40. The Balaban J connectivity index is 1.38. The minimum absolute atomic E-state index is 0.158. The number of anilines is 1. The van der Waals surface area contributed by atoms with E-state index in [-0.39, 0.29) is 17.6 Å². The number of aromatic nitrogens is 1. The lowest BCUT2D eigenvalue weighted by Gasteiger charge is -2.33. The third-order valence-corrected chi connectivity index (χ3v) is 7.93. The van der Waals surface area contributed by atoms with Crippen molar-refractivity contribution in [3.8, 4) is 11.1 Å². The highest BCUT2D eigenvalue weighted by Gasteiger charge is 2.31. The number of alkyl halides is 3. The van der Waals surface area contributed by atoms with Crippen molar-refractivity contribution in [2.75, 3.05) is 25.0 Å². The minimum atomic E-state index is -4.47. The number of halogens is 3. The monoisotopic (exact) mass is 590 g/mol. The summed E-state index contributed by atoms with van der Waals surface area (Å²) in [5.41, 5.74) is 0.716. The first-order chi connectivity index (χ1) is 19.1. The number of hydrogen-bond acceptors (Lipinski definition) is 6. The predicted molar refractivity (Wildman–Crippen MR) is 152 cm³/mol. The number of hydrogen-bond donors (Lipinski definition) is 2. The third kappa shape index (κ3) is 7.16. The number of nitrogens with zero attached hydrogens (tertiary/aromatic N) is 2. The van der Waals surface area contributed by atoms with Crippen LogP contribution < -0.4 is 10.6 Å². The first kappa shape index (κ1) is 29.5. The van der Waals surface area contributed by atoms with E-state index < -0.39 is 23.7 Å². The highest BCUT2D eigenvalue weighted by atomic mass is 32.1. The van der Waals surface area contributed by atoms with Gasteiger partial charge in [0.2, 0.25) is 0 Å². The molecule has 1 saturated heterocycles. The summed E-state index contributed by atoms with van der Waals surface area (Å²) in [5.74, 6) is -0.631. The van der Waals surface area contributed by atoms with Crippen LogP contribution in [0.2, 0.25) is 0 Å². The average Bonchev–Trinajstić information content (AvgIpc) is 3.44. The van der Waals surface area contributed by atoms with Crippen LogP contribution in [-0.4, -0.2) is 52.6 Å². The Morgan fingerprint density at radius 3 is 2.60 bits per heavy atom. The predicted octanol–water partition coefficient (Wildman–Crippen LogP) is 6.09. The van der Waals surface area contributed by atoms with E-state index in [0.29, 0.717) is 41.6 Å². The maximum atomic E-state index is 13.2. The van der Waals surface area contributed by atoms with Crippen LogP contribution in [0.25, 0.3) is 11.1 Å². The summed E-state index contributed by atoms with van der Waals surface area (Å²) in [7, 11) is 0. The molecule has 1 amide bonds. The molecule has 4 rings (SSSR count). The Morgan fingerprint density at radius 1 is 1.18 bits per heavy atom. The van der Waals surface area contributed by atoms with Crippen LogP contribution in [0.4, 0.5) is 18.9 Å². The van der Waals surface area contributed by atoms with E-state index >= 15 is 0 Å². The van der Waals surface area contributed by atoms with Crippen LogP contribution in [-0.2, 0) is 15.7 Å².